The third kappa shape index (κ3) is 11.1. The van der Waals surface area contributed by atoms with E-state index in [0.29, 0.717) is 6.61 Å². The topological polar surface area (TPSA) is 26.3 Å². The lowest BCUT2D eigenvalue weighted by molar-refractivity contribution is -0.148. The van der Waals surface area contributed by atoms with Crippen LogP contribution < -0.4 is 0 Å². The van der Waals surface area contributed by atoms with Crippen molar-refractivity contribution in [3.05, 3.63) is 59.6 Å². The highest BCUT2D eigenvalue weighted by atomic mass is 32.2. The number of esters is 1. The van der Waals surface area contributed by atoms with Crippen molar-refractivity contribution in [3.8, 4) is 0 Å². The van der Waals surface area contributed by atoms with Gasteiger partial charge in [-0.2, -0.15) is 0 Å². The summed E-state index contributed by atoms with van der Waals surface area (Å²) in [5.74, 6) is -0.0322. The van der Waals surface area contributed by atoms with Gasteiger partial charge in [0.15, 0.2) is 0 Å². The van der Waals surface area contributed by atoms with Gasteiger partial charge in [-0.25, -0.2) is 0 Å². The van der Waals surface area contributed by atoms with E-state index in [1.165, 1.54) is 24.2 Å². The average molecular weight is 431 g/mol. The highest BCUT2D eigenvalue weighted by Crippen LogP contribution is 2.49. The second kappa shape index (κ2) is 17.2. The molecule has 1 aliphatic rings. The molecule has 0 spiro atoms. The quantitative estimate of drug-likeness (QED) is 0.139. The molecule has 0 N–H and O–H groups in total. The predicted molar refractivity (Wildman–Crippen MR) is 134 cm³/mol. The molecule has 0 bridgehead atoms. The van der Waals surface area contributed by atoms with Crippen molar-refractivity contribution in [2.75, 3.05) is 6.61 Å². The van der Waals surface area contributed by atoms with Crippen LogP contribution in [0.25, 0.3) is 0 Å². The van der Waals surface area contributed by atoms with E-state index in [4.69, 9.17) is 4.74 Å². The van der Waals surface area contributed by atoms with Gasteiger partial charge in [0.2, 0.25) is 0 Å². The Balaban J connectivity index is 2.66. The molecule has 168 valence electrons. The van der Waals surface area contributed by atoms with Crippen LogP contribution in [0.5, 0.6) is 0 Å². The van der Waals surface area contributed by atoms with Gasteiger partial charge < -0.3 is 4.74 Å². The minimum atomic E-state index is -0.358. The Morgan fingerprint density at radius 3 is 2.20 bits per heavy atom. The van der Waals surface area contributed by atoms with Gasteiger partial charge in [0.25, 0.3) is 0 Å². The fourth-order valence-electron chi connectivity index (χ4n) is 3.17. The number of carbonyl (C=O) groups is 1. The molecule has 3 heteroatoms. The smallest absolute Gasteiger partial charge is 0.322 e. The standard InChI is InChI=1S/C27H42O2S/c1-4-7-9-11-13-15-17-19-22-25(21-18-16-14-12-10-8-5-2)30-27(23-20-24-27)26(28)29-6-3/h8,10-11,13-14,16-17,19,21H,4-7,9,12,15,18,20,22-24H2,1-3H3/b10-8+,13-11+,16-14+,19-17+,25-21+. The third-order valence-corrected chi connectivity index (χ3v) is 6.67. The maximum absolute atomic E-state index is 12.5. The third-order valence-electron chi connectivity index (χ3n) is 5.11. The number of carbonyl (C=O) groups excluding carboxylic acids is 1. The number of allylic oxidation sites excluding steroid dienone is 10. The maximum Gasteiger partial charge on any atom is 0.322 e. The highest BCUT2D eigenvalue weighted by Gasteiger charge is 2.46. The molecule has 0 amide bonds. The van der Waals surface area contributed by atoms with Crippen molar-refractivity contribution in [3.63, 3.8) is 0 Å². The van der Waals surface area contributed by atoms with Gasteiger partial charge in [0.1, 0.15) is 4.75 Å². The molecule has 0 aromatic heterocycles. The minimum Gasteiger partial charge on any atom is -0.465 e. The van der Waals surface area contributed by atoms with Gasteiger partial charge in [-0.05, 0) is 69.6 Å². The molecule has 0 atom stereocenters. The first-order valence-corrected chi connectivity index (χ1v) is 12.6. The lowest BCUT2D eigenvalue weighted by atomic mass is 9.84. The number of unbranched alkanes of at least 4 members (excludes halogenated alkanes) is 2. The Morgan fingerprint density at radius 1 is 0.900 bits per heavy atom. The molecule has 0 unspecified atom stereocenters. The molecule has 0 heterocycles. The lowest BCUT2D eigenvalue weighted by Gasteiger charge is -2.39. The Hall–Kier alpha value is -1.48. The first kappa shape index (κ1) is 26.6. The summed E-state index contributed by atoms with van der Waals surface area (Å²) >= 11 is 1.74. The number of ether oxygens (including phenoxy) is 1. The molecular weight excluding hydrogens is 388 g/mol. The van der Waals surface area contributed by atoms with E-state index >= 15 is 0 Å². The van der Waals surface area contributed by atoms with E-state index in [1.54, 1.807) is 11.8 Å². The maximum atomic E-state index is 12.5. The van der Waals surface area contributed by atoms with Crippen LogP contribution in [0.4, 0.5) is 0 Å². The first-order chi connectivity index (χ1) is 14.7. The summed E-state index contributed by atoms with van der Waals surface area (Å²) in [5, 5.41) is 0. The summed E-state index contributed by atoms with van der Waals surface area (Å²) in [5.41, 5.74) is 0. The first-order valence-electron chi connectivity index (χ1n) is 11.8. The van der Waals surface area contributed by atoms with Crippen molar-refractivity contribution in [1.82, 2.24) is 0 Å². The number of hydrogen-bond acceptors (Lipinski definition) is 3. The average Bonchev–Trinajstić information content (AvgIpc) is 2.71. The van der Waals surface area contributed by atoms with Crippen LogP contribution in [0.2, 0.25) is 0 Å². The summed E-state index contributed by atoms with van der Waals surface area (Å²) in [6, 6.07) is 0. The Kier molecular flexibility index (Phi) is 15.2. The number of thioether (sulfide) groups is 1. The Labute approximate surface area is 189 Å². The van der Waals surface area contributed by atoms with Crippen LogP contribution in [0.1, 0.15) is 91.4 Å². The Bertz CT molecular complexity index is 606. The minimum absolute atomic E-state index is 0.0322. The summed E-state index contributed by atoms with van der Waals surface area (Å²) in [6.07, 6.45) is 31.6. The van der Waals surface area contributed by atoms with E-state index in [-0.39, 0.29) is 10.7 Å². The van der Waals surface area contributed by atoms with E-state index < -0.39 is 0 Å². The van der Waals surface area contributed by atoms with Crippen LogP contribution in [0.15, 0.2) is 59.6 Å². The molecular formula is C27H42O2S. The highest BCUT2D eigenvalue weighted by molar-refractivity contribution is 8.05. The fourth-order valence-corrected chi connectivity index (χ4v) is 4.67. The molecule has 0 radical (unpaired) electrons. The molecule has 1 fully saturated rings. The van der Waals surface area contributed by atoms with Gasteiger partial charge >= 0.3 is 5.97 Å². The zero-order valence-electron chi connectivity index (χ0n) is 19.4. The van der Waals surface area contributed by atoms with Crippen molar-refractivity contribution < 1.29 is 9.53 Å². The summed E-state index contributed by atoms with van der Waals surface area (Å²) < 4.78 is 5.03. The van der Waals surface area contributed by atoms with Crippen molar-refractivity contribution in [2.45, 2.75) is 96.1 Å². The molecule has 1 aliphatic carbocycles. The molecule has 1 rings (SSSR count). The fraction of sp³-hybridized carbons (Fsp3) is 0.593. The summed E-state index contributed by atoms with van der Waals surface area (Å²) in [6.45, 7) is 6.72. The predicted octanol–water partition coefficient (Wildman–Crippen LogP) is 8.47. The van der Waals surface area contributed by atoms with Gasteiger partial charge in [-0.15, -0.1) is 11.8 Å². The second-order valence-electron chi connectivity index (χ2n) is 7.69. The van der Waals surface area contributed by atoms with E-state index in [0.717, 1.165) is 51.4 Å². The number of rotatable bonds is 16. The summed E-state index contributed by atoms with van der Waals surface area (Å²) in [4.78, 5) is 13.8. The molecule has 0 aromatic carbocycles. The van der Waals surface area contributed by atoms with Gasteiger partial charge in [-0.3, -0.25) is 4.79 Å². The monoisotopic (exact) mass is 430 g/mol. The van der Waals surface area contributed by atoms with E-state index in [2.05, 4.69) is 68.5 Å². The van der Waals surface area contributed by atoms with Crippen molar-refractivity contribution in [1.29, 1.82) is 0 Å². The lowest BCUT2D eigenvalue weighted by Crippen LogP contribution is -2.43. The SMILES string of the molecule is CC/C=C/C/C=C/C/C=C(\C/C=C/C/C=C/CCCC)SC1(C(=O)OCC)CCC1. The van der Waals surface area contributed by atoms with Crippen LogP contribution in [-0.2, 0) is 9.53 Å². The molecule has 0 aromatic rings. The van der Waals surface area contributed by atoms with Crippen LogP contribution >= 0.6 is 11.8 Å². The van der Waals surface area contributed by atoms with Crippen LogP contribution in [0, 0.1) is 0 Å². The zero-order chi connectivity index (χ0) is 21.9. The van der Waals surface area contributed by atoms with Crippen molar-refractivity contribution >= 4 is 17.7 Å². The largest absolute Gasteiger partial charge is 0.465 e. The second-order valence-corrected chi connectivity index (χ2v) is 9.20. The molecule has 0 aliphatic heterocycles. The summed E-state index contributed by atoms with van der Waals surface area (Å²) in [7, 11) is 0. The van der Waals surface area contributed by atoms with Gasteiger partial charge in [0, 0.05) is 0 Å². The van der Waals surface area contributed by atoms with Crippen LogP contribution in [-0.4, -0.2) is 17.3 Å². The van der Waals surface area contributed by atoms with Gasteiger partial charge in [0.05, 0.1) is 6.61 Å². The van der Waals surface area contributed by atoms with E-state index in [1.807, 2.05) is 6.92 Å². The molecule has 0 saturated heterocycles. The van der Waals surface area contributed by atoms with Crippen LogP contribution in [0.3, 0.4) is 0 Å². The Morgan fingerprint density at radius 2 is 1.57 bits per heavy atom. The molecule has 2 nitrogen and oxygen atoms in total. The van der Waals surface area contributed by atoms with E-state index in [9.17, 15) is 4.79 Å². The molecule has 30 heavy (non-hydrogen) atoms. The molecule has 1 saturated carbocycles. The van der Waals surface area contributed by atoms with Crippen molar-refractivity contribution in [2.24, 2.45) is 0 Å². The normalized spacial score (nSPS) is 16.8. The van der Waals surface area contributed by atoms with Gasteiger partial charge in [-0.1, -0.05) is 81.4 Å². The zero-order valence-corrected chi connectivity index (χ0v) is 20.2. The number of hydrogen-bond donors (Lipinski definition) is 0.